The van der Waals surface area contributed by atoms with E-state index in [1.807, 2.05) is 24.3 Å². The van der Waals surface area contributed by atoms with Gasteiger partial charge >= 0.3 is 0 Å². The Bertz CT molecular complexity index is 657. The van der Waals surface area contributed by atoms with E-state index >= 15 is 0 Å². The van der Waals surface area contributed by atoms with E-state index in [0.29, 0.717) is 10.8 Å². The number of fused-ring (bicyclic) bond motifs is 3. The molecule has 0 bridgehead atoms. The molecule has 0 atom stereocenters. The Morgan fingerprint density at radius 1 is 1.07 bits per heavy atom. The summed E-state index contributed by atoms with van der Waals surface area (Å²) in [5.74, 6) is 0.301. The van der Waals surface area contributed by atoms with Gasteiger partial charge in [-0.2, -0.15) is 0 Å². The maximum absolute atomic E-state index is 9.75. The fourth-order valence-corrected chi connectivity index (χ4v) is 3.23. The lowest BCUT2D eigenvalue weighted by molar-refractivity contribution is 0.482. The van der Waals surface area contributed by atoms with Crippen LogP contribution in [0.3, 0.4) is 0 Å². The van der Waals surface area contributed by atoms with Crippen LogP contribution in [0.5, 0.6) is 5.75 Å². The lowest BCUT2D eigenvalue weighted by Crippen LogP contribution is -1.69. The molecule has 3 rings (SSSR count). The van der Waals surface area contributed by atoms with Gasteiger partial charge in [-0.3, -0.25) is 0 Å². The van der Waals surface area contributed by atoms with Gasteiger partial charge < -0.3 is 5.11 Å². The highest BCUT2D eigenvalue weighted by Gasteiger charge is 2.10. The van der Waals surface area contributed by atoms with E-state index in [2.05, 4.69) is 0 Å². The average Bonchev–Trinajstić information content (AvgIpc) is 2.64. The van der Waals surface area contributed by atoms with E-state index < -0.39 is 0 Å². The molecule has 0 unspecified atom stereocenters. The second-order valence-electron chi connectivity index (χ2n) is 3.37. The summed E-state index contributed by atoms with van der Waals surface area (Å²) in [6.07, 6.45) is 0. The van der Waals surface area contributed by atoms with E-state index in [4.69, 9.17) is 11.6 Å². The zero-order valence-corrected chi connectivity index (χ0v) is 9.27. The van der Waals surface area contributed by atoms with Crippen LogP contribution in [0.1, 0.15) is 0 Å². The molecule has 0 spiro atoms. The molecular formula is C12H7ClOS. The van der Waals surface area contributed by atoms with Gasteiger partial charge in [-0.1, -0.05) is 29.8 Å². The highest BCUT2D eigenvalue weighted by atomic mass is 35.5. The molecule has 1 N–H and O–H groups in total. The molecule has 0 aliphatic carbocycles. The van der Waals surface area contributed by atoms with E-state index in [9.17, 15) is 5.11 Å². The summed E-state index contributed by atoms with van der Waals surface area (Å²) >= 11 is 7.71. The fraction of sp³-hybridized carbons (Fsp3) is 0. The van der Waals surface area contributed by atoms with Gasteiger partial charge in [0, 0.05) is 15.5 Å². The van der Waals surface area contributed by atoms with Crippen molar-refractivity contribution in [3.05, 3.63) is 41.4 Å². The Morgan fingerprint density at radius 3 is 2.73 bits per heavy atom. The minimum absolute atomic E-state index is 0.301. The monoisotopic (exact) mass is 234 g/mol. The van der Waals surface area contributed by atoms with Crippen molar-refractivity contribution in [2.24, 2.45) is 0 Å². The number of phenolic OH excluding ortho intramolecular Hbond substituents is 1. The van der Waals surface area contributed by atoms with Crippen molar-refractivity contribution in [3.8, 4) is 5.75 Å². The molecule has 3 aromatic rings. The first kappa shape index (κ1) is 9.01. The minimum Gasteiger partial charge on any atom is -0.506 e. The molecule has 2 aromatic carbocycles. The Balaban J connectivity index is 2.66. The summed E-state index contributed by atoms with van der Waals surface area (Å²) in [7, 11) is 0. The third kappa shape index (κ3) is 1.22. The largest absolute Gasteiger partial charge is 0.506 e. The minimum atomic E-state index is 0.301. The molecule has 1 heterocycles. The molecule has 3 heteroatoms. The highest BCUT2D eigenvalue weighted by molar-refractivity contribution is 7.26. The maximum Gasteiger partial charge on any atom is 0.133 e. The highest BCUT2D eigenvalue weighted by Crippen LogP contribution is 2.42. The van der Waals surface area contributed by atoms with E-state index in [1.165, 1.54) is 0 Å². The van der Waals surface area contributed by atoms with Crippen molar-refractivity contribution in [3.63, 3.8) is 0 Å². The Labute approximate surface area is 95.5 Å². The van der Waals surface area contributed by atoms with Gasteiger partial charge in [-0.05, 0) is 18.2 Å². The van der Waals surface area contributed by atoms with Gasteiger partial charge in [-0.15, -0.1) is 11.3 Å². The lowest BCUT2D eigenvalue weighted by atomic mass is 10.1. The van der Waals surface area contributed by atoms with Crippen molar-refractivity contribution in [2.75, 3.05) is 0 Å². The van der Waals surface area contributed by atoms with Gasteiger partial charge in [0.2, 0.25) is 0 Å². The molecule has 0 radical (unpaired) electrons. The smallest absolute Gasteiger partial charge is 0.133 e. The zero-order valence-electron chi connectivity index (χ0n) is 7.70. The number of aromatic hydroxyl groups is 1. The molecule has 74 valence electrons. The predicted molar refractivity (Wildman–Crippen MR) is 66.0 cm³/mol. The molecule has 0 amide bonds. The van der Waals surface area contributed by atoms with Gasteiger partial charge in [-0.25, -0.2) is 0 Å². The average molecular weight is 235 g/mol. The van der Waals surface area contributed by atoms with E-state index in [0.717, 1.165) is 20.2 Å². The molecule has 0 saturated heterocycles. The third-order valence-electron chi connectivity index (χ3n) is 2.45. The lowest BCUT2D eigenvalue weighted by Gasteiger charge is -1.96. The normalized spacial score (nSPS) is 11.3. The van der Waals surface area contributed by atoms with Crippen LogP contribution in [-0.2, 0) is 0 Å². The fourth-order valence-electron chi connectivity index (χ4n) is 1.77. The Hall–Kier alpha value is -1.25. The van der Waals surface area contributed by atoms with Crippen LogP contribution in [0.4, 0.5) is 0 Å². The molecule has 0 aliphatic rings. The number of benzene rings is 2. The SMILES string of the molecule is Oc1ccc(Cl)c2c1sc1ccccc12. The number of rotatable bonds is 0. The number of hydrogen-bond acceptors (Lipinski definition) is 2. The summed E-state index contributed by atoms with van der Waals surface area (Å²) in [4.78, 5) is 0. The standard InChI is InChI=1S/C12H7ClOS/c13-8-5-6-9(14)12-11(8)7-3-1-2-4-10(7)15-12/h1-6,14H. The number of thiophene rings is 1. The third-order valence-corrected chi connectivity index (χ3v) is 3.96. The van der Waals surface area contributed by atoms with Crippen LogP contribution in [0.25, 0.3) is 20.2 Å². The number of phenols is 1. The van der Waals surface area contributed by atoms with Crippen molar-refractivity contribution in [1.82, 2.24) is 0 Å². The van der Waals surface area contributed by atoms with Crippen LogP contribution in [0, 0.1) is 0 Å². The maximum atomic E-state index is 9.75. The molecule has 0 aliphatic heterocycles. The summed E-state index contributed by atoms with van der Waals surface area (Å²) < 4.78 is 2.01. The van der Waals surface area contributed by atoms with Crippen molar-refractivity contribution < 1.29 is 5.11 Å². The first-order chi connectivity index (χ1) is 7.27. The molecular weight excluding hydrogens is 228 g/mol. The quantitative estimate of drug-likeness (QED) is 0.611. The zero-order chi connectivity index (χ0) is 10.4. The van der Waals surface area contributed by atoms with Crippen molar-refractivity contribution in [2.45, 2.75) is 0 Å². The van der Waals surface area contributed by atoms with Crippen molar-refractivity contribution >= 4 is 43.1 Å². The second-order valence-corrected chi connectivity index (χ2v) is 4.83. The number of hydrogen-bond donors (Lipinski definition) is 1. The van der Waals surface area contributed by atoms with E-state index in [-0.39, 0.29) is 0 Å². The second kappa shape index (κ2) is 3.12. The first-order valence-corrected chi connectivity index (χ1v) is 5.75. The van der Waals surface area contributed by atoms with Crippen molar-refractivity contribution in [1.29, 1.82) is 0 Å². The Morgan fingerprint density at radius 2 is 1.87 bits per heavy atom. The van der Waals surface area contributed by atoms with Crippen LogP contribution in [0.15, 0.2) is 36.4 Å². The Kier molecular flexibility index (Phi) is 1.87. The topological polar surface area (TPSA) is 20.2 Å². The molecule has 15 heavy (non-hydrogen) atoms. The van der Waals surface area contributed by atoms with Crippen LogP contribution >= 0.6 is 22.9 Å². The summed E-state index contributed by atoms with van der Waals surface area (Å²) in [6.45, 7) is 0. The molecule has 1 nitrogen and oxygen atoms in total. The van der Waals surface area contributed by atoms with E-state index in [1.54, 1.807) is 23.5 Å². The summed E-state index contributed by atoms with van der Waals surface area (Å²) in [5.41, 5.74) is 0. The summed E-state index contributed by atoms with van der Waals surface area (Å²) in [5, 5.41) is 12.5. The van der Waals surface area contributed by atoms with Gasteiger partial charge in [0.1, 0.15) is 5.75 Å². The first-order valence-electron chi connectivity index (χ1n) is 4.56. The van der Waals surface area contributed by atoms with Crippen LogP contribution < -0.4 is 0 Å². The molecule has 1 aromatic heterocycles. The van der Waals surface area contributed by atoms with Crippen LogP contribution in [-0.4, -0.2) is 5.11 Å². The van der Waals surface area contributed by atoms with Gasteiger partial charge in [0.15, 0.2) is 0 Å². The molecule has 0 fully saturated rings. The summed E-state index contributed by atoms with van der Waals surface area (Å²) in [6, 6.07) is 11.4. The van der Waals surface area contributed by atoms with Crippen LogP contribution in [0.2, 0.25) is 5.02 Å². The van der Waals surface area contributed by atoms with Gasteiger partial charge in [0.25, 0.3) is 0 Å². The van der Waals surface area contributed by atoms with Gasteiger partial charge in [0.05, 0.1) is 9.72 Å². The molecule has 0 saturated carbocycles. The predicted octanol–water partition coefficient (Wildman–Crippen LogP) is 4.41. The number of halogens is 1.